The topological polar surface area (TPSA) is 116 Å². The van der Waals surface area contributed by atoms with Crippen molar-refractivity contribution in [3.05, 3.63) is 0 Å². The summed E-state index contributed by atoms with van der Waals surface area (Å²) >= 11 is 0. The van der Waals surface area contributed by atoms with Crippen molar-refractivity contribution in [1.29, 1.82) is 0 Å². The second kappa shape index (κ2) is 17.7. The highest BCUT2D eigenvalue weighted by Gasteiger charge is 2.23. The van der Waals surface area contributed by atoms with E-state index >= 15 is 0 Å². The number of hydrogen-bond donors (Lipinski definition) is 1. The minimum Gasteiger partial charge on any atom is -0.379 e. The maximum Gasteiger partial charge on any atom is 0.223 e. The molecule has 8 heteroatoms. The molecule has 8 nitrogen and oxygen atoms in total. The average Bonchev–Trinajstić information content (AvgIpc) is 2.70. The van der Waals surface area contributed by atoms with Crippen molar-refractivity contribution in [2.24, 2.45) is 11.8 Å². The molecule has 0 aliphatic carbocycles. The molecule has 178 valence electrons. The standard InChI is InChI=1S/C23H39NO7/c1-5-24-23(29)19(10-12-22(28)16-31-14-13-30-6-2)9-11-21(27)15-20(18(4)26)8-7-17(3)25/h19-20H,5-16H2,1-4H3,(H,24,29). The summed E-state index contributed by atoms with van der Waals surface area (Å²) in [7, 11) is 0. The van der Waals surface area contributed by atoms with E-state index in [1.54, 1.807) is 0 Å². The van der Waals surface area contributed by atoms with Crippen LogP contribution in [-0.4, -0.2) is 62.0 Å². The van der Waals surface area contributed by atoms with Crippen LogP contribution in [0.15, 0.2) is 0 Å². The minimum atomic E-state index is -0.463. The van der Waals surface area contributed by atoms with E-state index in [9.17, 15) is 24.0 Å². The molecule has 0 fully saturated rings. The maximum atomic E-state index is 12.4. The van der Waals surface area contributed by atoms with Gasteiger partial charge in [-0.3, -0.25) is 19.2 Å². The third kappa shape index (κ3) is 15.5. The lowest BCUT2D eigenvalue weighted by Gasteiger charge is -2.17. The van der Waals surface area contributed by atoms with E-state index in [1.807, 2.05) is 13.8 Å². The number of amides is 1. The predicted octanol–water partition coefficient (Wildman–Crippen LogP) is 2.45. The van der Waals surface area contributed by atoms with Gasteiger partial charge in [0.2, 0.25) is 5.91 Å². The molecule has 0 saturated carbocycles. The smallest absolute Gasteiger partial charge is 0.223 e. The number of Topliss-reactive ketones (excluding diaryl/α,β-unsaturated/α-hetero) is 4. The van der Waals surface area contributed by atoms with Crippen molar-refractivity contribution < 1.29 is 33.4 Å². The van der Waals surface area contributed by atoms with Gasteiger partial charge in [0.1, 0.15) is 24.0 Å². The molecular weight excluding hydrogens is 402 g/mol. The molecule has 0 radical (unpaired) electrons. The number of ether oxygens (including phenoxy) is 2. The third-order valence-electron chi connectivity index (χ3n) is 5.00. The summed E-state index contributed by atoms with van der Waals surface area (Å²) in [4.78, 5) is 59.7. The molecule has 0 aromatic carbocycles. The van der Waals surface area contributed by atoms with E-state index in [-0.39, 0.29) is 61.3 Å². The highest BCUT2D eigenvalue weighted by atomic mass is 16.5. The molecule has 0 rings (SSSR count). The SMILES string of the molecule is CCNC(=O)C(CCC(=O)COCCOCC)CCC(=O)CC(CCC(C)=O)C(C)=O. The van der Waals surface area contributed by atoms with Gasteiger partial charge < -0.3 is 19.6 Å². The molecule has 0 aliphatic heterocycles. The molecule has 0 aromatic rings. The molecule has 0 saturated heterocycles. The molecule has 0 spiro atoms. The van der Waals surface area contributed by atoms with Crippen LogP contribution in [-0.2, 0) is 33.4 Å². The number of rotatable bonds is 20. The molecule has 0 aromatic heterocycles. The van der Waals surface area contributed by atoms with Gasteiger partial charge >= 0.3 is 0 Å². The second-order valence-corrected chi connectivity index (χ2v) is 7.75. The number of nitrogens with one attached hydrogen (secondary N) is 1. The first kappa shape index (κ1) is 29.1. The van der Waals surface area contributed by atoms with Gasteiger partial charge in [-0.25, -0.2) is 0 Å². The Morgan fingerprint density at radius 3 is 1.90 bits per heavy atom. The zero-order valence-electron chi connectivity index (χ0n) is 19.5. The van der Waals surface area contributed by atoms with Gasteiger partial charge in [0.15, 0.2) is 5.78 Å². The van der Waals surface area contributed by atoms with Crippen LogP contribution in [0.25, 0.3) is 0 Å². The van der Waals surface area contributed by atoms with E-state index in [1.165, 1.54) is 13.8 Å². The number of hydrogen-bond acceptors (Lipinski definition) is 7. The lowest BCUT2D eigenvalue weighted by Crippen LogP contribution is -2.31. The molecule has 31 heavy (non-hydrogen) atoms. The lowest BCUT2D eigenvalue weighted by molar-refractivity contribution is -0.129. The largest absolute Gasteiger partial charge is 0.379 e. The van der Waals surface area contributed by atoms with E-state index in [0.29, 0.717) is 45.6 Å². The van der Waals surface area contributed by atoms with E-state index < -0.39 is 11.8 Å². The first-order chi connectivity index (χ1) is 14.7. The number of ketones is 4. The molecule has 0 heterocycles. The van der Waals surface area contributed by atoms with Crippen molar-refractivity contribution in [2.75, 3.05) is 33.0 Å². The minimum absolute atomic E-state index is 0.0125. The van der Waals surface area contributed by atoms with Crippen LogP contribution in [0, 0.1) is 11.8 Å². The van der Waals surface area contributed by atoms with Crippen LogP contribution in [0.3, 0.4) is 0 Å². The van der Waals surface area contributed by atoms with Gasteiger partial charge in [-0.05, 0) is 47.0 Å². The molecular formula is C23H39NO7. The Morgan fingerprint density at radius 1 is 0.774 bits per heavy atom. The summed E-state index contributed by atoms with van der Waals surface area (Å²) < 4.78 is 10.4. The zero-order valence-corrected chi connectivity index (χ0v) is 19.5. The van der Waals surface area contributed by atoms with Gasteiger partial charge in [-0.1, -0.05) is 0 Å². The first-order valence-corrected chi connectivity index (χ1v) is 11.2. The fraction of sp³-hybridized carbons (Fsp3) is 0.783. The Kier molecular flexibility index (Phi) is 16.6. The van der Waals surface area contributed by atoms with Crippen molar-refractivity contribution in [1.82, 2.24) is 5.32 Å². The average molecular weight is 442 g/mol. The first-order valence-electron chi connectivity index (χ1n) is 11.2. The van der Waals surface area contributed by atoms with Crippen LogP contribution in [0.2, 0.25) is 0 Å². The Hall–Kier alpha value is -1.93. The highest BCUT2D eigenvalue weighted by Crippen LogP contribution is 2.19. The quantitative estimate of drug-likeness (QED) is 0.289. The highest BCUT2D eigenvalue weighted by molar-refractivity contribution is 5.88. The summed E-state index contributed by atoms with van der Waals surface area (Å²) in [5.74, 6) is -1.42. The molecule has 1 N–H and O–H groups in total. The Morgan fingerprint density at radius 2 is 1.35 bits per heavy atom. The van der Waals surface area contributed by atoms with Crippen molar-refractivity contribution >= 4 is 29.0 Å². The number of carbonyl (C=O) groups excluding carboxylic acids is 5. The van der Waals surface area contributed by atoms with Crippen LogP contribution in [0.5, 0.6) is 0 Å². The summed E-state index contributed by atoms with van der Waals surface area (Å²) in [5, 5.41) is 2.75. The Bertz CT molecular complexity index is 588. The normalized spacial score (nSPS) is 12.8. The van der Waals surface area contributed by atoms with E-state index in [2.05, 4.69) is 5.32 Å². The van der Waals surface area contributed by atoms with Gasteiger partial charge in [0.05, 0.1) is 13.2 Å². The zero-order chi connectivity index (χ0) is 23.6. The van der Waals surface area contributed by atoms with Crippen molar-refractivity contribution in [3.8, 4) is 0 Å². The summed E-state index contributed by atoms with van der Waals surface area (Å²) in [5.41, 5.74) is 0. The fourth-order valence-corrected chi connectivity index (χ4v) is 3.12. The molecule has 2 unspecified atom stereocenters. The van der Waals surface area contributed by atoms with E-state index in [0.717, 1.165) is 0 Å². The third-order valence-corrected chi connectivity index (χ3v) is 5.00. The lowest BCUT2D eigenvalue weighted by atomic mass is 9.89. The summed E-state index contributed by atoms with van der Waals surface area (Å²) in [6.45, 7) is 8.39. The Labute approximate surface area is 185 Å². The van der Waals surface area contributed by atoms with Gasteiger partial charge in [-0.15, -0.1) is 0 Å². The molecule has 1 amide bonds. The summed E-state index contributed by atoms with van der Waals surface area (Å²) in [6.07, 6.45) is 1.73. The van der Waals surface area contributed by atoms with E-state index in [4.69, 9.17) is 9.47 Å². The van der Waals surface area contributed by atoms with Crippen LogP contribution in [0.1, 0.15) is 72.6 Å². The van der Waals surface area contributed by atoms with Gasteiger partial charge in [0, 0.05) is 50.7 Å². The van der Waals surface area contributed by atoms with Crippen LogP contribution >= 0.6 is 0 Å². The van der Waals surface area contributed by atoms with Gasteiger partial charge in [-0.2, -0.15) is 0 Å². The maximum absolute atomic E-state index is 12.4. The van der Waals surface area contributed by atoms with Crippen molar-refractivity contribution in [2.45, 2.75) is 72.6 Å². The number of carbonyl (C=O) groups is 5. The monoisotopic (exact) mass is 441 g/mol. The van der Waals surface area contributed by atoms with Crippen LogP contribution in [0.4, 0.5) is 0 Å². The van der Waals surface area contributed by atoms with Gasteiger partial charge in [0.25, 0.3) is 0 Å². The predicted molar refractivity (Wildman–Crippen MR) is 117 cm³/mol. The molecule has 0 bridgehead atoms. The Balaban J connectivity index is 4.57. The van der Waals surface area contributed by atoms with Crippen LogP contribution < -0.4 is 5.32 Å². The second-order valence-electron chi connectivity index (χ2n) is 7.75. The fourth-order valence-electron chi connectivity index (χ4n) is 3.12. The molecule has 0 aliphatic rings. The molecule has 2 atom stereocenters. The van der Waals surface area contributed by atoms with Crippen molar-refractivity contribution in [3.63, 3.8) is 0 Å². The summed E-state index contributed by atoms with van der Waals surface area (Å²) in [6, 6.07) is 0.